The fourth-order valence-electron chi connectivity index (χ4n) is 4.57. The first kappa shape index (κ1) is 20.2. The number of benzene rings is 1. The molecule has 2 aliphatic carbocycles. The summed E-state index contributed by atoms with van der Waals surface area (Å²) in [6.45, 7) is 2.34. The summed E-state index contributed by atoms with van der Waals surface area (Å²) in [4.78, 5) is 12.3. The average Bonchev–Trinajstić information content (AvgIpc) is 2.66. The van der Waals surface area contributed by atoms with E-state index in [1.165, 1.54) is 38.5 Å². The molecular weight excluding hydrogens is 353 g/mol. The Bertz CT molecular complexity index is 632. The van der Waals surface area contributed by atoms with Crippen molar-refractivity contribution in [1.29, 1.82) is 0 Å². The van der Waals surface area contributed by atoms with Crippen LogP contribution in [0.3, 0.4) is 0 Å². The second-order valence-corrected chi connectivity index (χ2v) is 8.54. The van der Waals surface area contributed by atoms with Crippen molar-refractivity contribution < 1.29 is 25.6 Å². The van der Waals surface area contributed by atoms with Crippen LogP contribution < -0.4 is 4.74 Å². The lowest BCUT2D eigenvalue weighted by Crippen LogP contribution is -2.26. The third-order valence-electron chi connectivity index (χ3n) is 6.47. The Morgan fingerprint density at radius 1 is 0.926 bits per heavy atom. The van der Waals surface area contributed by atoms with Crippen molar-refractivity contribution in [3.8, 4) is 5.75 Å². The van der Waals surface area contributed by atoms with E-state index in [9.17, 15) is 18.0 Å². The molecule has 0 atom stereocenters. The maximum absolute atomic E-state index is 13.2. The van der Waals surface area contributed by atoms with Crippen molar-refractivity contribution in [3.05, 3.63) is 29.6 Å². The molecule has 2 fully saturated rings. The van der Waals surface area contributed by atoms with Crippen molar-refractivity contribution in [2.45, 2.75) is 71.1 Å². The van der Waals surface area contributed by atoms with Gasteiger partial charge in [0.1, 0.15) is 5.75 Å². The zero-order valence-corrected chi connectivity index (χ0v) is 16.0. The predicted molar refractivity (Wildman–Crippen MR) is 102 cm³/mol. The smallest absolute Gasteiger partial charge is 0.314 e. The van der Waals surface area contributed by atoms with Crippen LogP contribution >= 0.6 is 0 Å². The Hall–Kier alpha value is -1.52. The van der Waals surface area contributed by atoms with Crippen LogP contribution in [-0.4, -0.2) is 5.97 Å². The number of carbonyl (C=O) groups excluding carboxylic acids is 1. The van der Waals surface area contributed by atoms with Gasteiger partial charge >= 0.3 is 5.97 Å². The first-order valence-electron chi connectivity index (χ1n) is 10.3. The lowest BCUT2D eigenvalue weighted by Gasteiger charge is -2.30. The van der Waals surface area contributed by atoms with Crippen molar-refractivity contribution in [2.24, 2.45) is 23.7 Å². The van der Waals surface area contributed by atoms with E-state index >= 15 is 0 Å². The summed E-state index contributed by atoms with van der Waals surface area (Å²) < 4.78 is 44.5. The van der Waals surface area contributed by atoms with Crippen LogP contribution in [0.25, 0.3) is 0 Å². The number of rotatable bonds is 5. The van der Waals surface area contributed by atoms with E-state index < -0.39 is 23.4 Å². The first-order valence-corrected chi connectivity index (χ1v) is 10.3. The molecule has 0 amide bonds. The van der Waals surface area contributed by atoms with Gasteiger partial charge in [0, 0.05) is 15.0 Å². The highest BCUT2D eigenvalue weighted by Gasteiger charge is 2.29. The molecule has 0 heterocycles. The molecule has 0 unspecified atom stereocenters. The molecule has 0 aliphatic heterocycles. The van der Waals surface area contributed by atoms with Gasteiger partial charge in [-0.15, -0.1) is 0 Å². The van der Waals surface area contributed by atoms with Gasteiger partial charge < -0.3 is 4.74 Å². The van der Waals surface area contributed by atoms with E-state index in [1.807, 2.05) is 0 Å². The second-order valence-electron chi connectivity index (χ2n) is 8.54. The van der Waals surface area contributed by atoms with Gasteiger partial charge in [-0.25, -0.2) is 13.2 Å². The van der Waals surface area contributed by atoms with Crippen LogP contribution in [0.1, 0.15) is 74.0 Å². The van der Waals surface area contributed by atoms with E-state index in [4.69, 9.17) is 4.74 Å². The predicted octanol–water partition coefficient (Wildman–Crippen LogP) is 6.91. The molecule has 0 bridgehead atoms. The Morgan fingerprint density at radius 2 is 1.41 bits per heavy atom. The lowest BCUT2D eigenvalue weighted by molar-refractivity contribution is -0.140. The van der Waals surface area contributed by atoms with Crippen LogP contribution in [-0.2, 0) is 4.79 Å². The maximum atomic E-state index is 13.2. The molecule has 5 heteroatoms. The molecule has 2 aliphatic rings. The minimum atomic E-state index is -1.55. The first-order chi connectivity index (χ1) is 12.9. The lowest BCUT2D eigenvalue weighted by atomic mass is 9.76. The molecule has 0 aromatic heterocycles. The Labute approximate surface area is 162 Å². The number of esters is 1. The molecule has 0 N–H and O–H groups in total. The summed E-state index contributed by atoms with van der Waals surface area (Å²) in [7, 11) is 0. The van der Waals surface area contributed by atoms with Gasteiger partial charge in [-0.1, -0.05) is 45.4 Å². The SMILES string of the molecule is CC1CCC(CCC2CCC(C(=O)Oc3cc(F)c(F)c(F)c3)CC2)CC1.[HH].[HH]. The summed E-state index contributed by atoms with van der Waals surface area (Å²) in [5.41, 5.74) is 0. The quantitative estimate of drug-likeness (QED) is 0.312. The highest BCUT2D eigenvalue weighted by atomic mass is 19.2. The van der Waals surface area contributed by atoms with E-state index in [-0.39, 0.29) is 14.5 Å². The van der Waals surface area contributed by atoms with E-state index in [0.29, 0.717) is 18.1 Å². The minimum Gasteiger partial charge on any atom is -0.426 e. The number of hydrogen-bond donors (Lipinski definition) is 0. The van der Waals surface area contributed by atoms with Crippen molar-refractivity contribution in [3.63, 3.8) is 0 Å². The highest BCUT2D eigenvalue weighted by Crippen LogP contribution is 2.37. The fourth-order valence-corrected chi connectivity index (χ4v) is 4.57. The molecule has 0 radical (unpaired) electrons. The molecule has 0 saturated heterocycles. The Morgan fingerprint density at radius 3 is 1.93 bits per heavy atom. The van der Waals surface area contributed by atoms with Crippen LogP contribution in [0.4, 0.5) is 13.2 Å². The summed E-state index contributed by atoms with van der Waals surface area (Å²) in [6, 6.07) is 1.43. The Kier molecular flexibility index (Phi) is 6.83. The number of carbonyl (C=O) groups is 1. The van der Waals surface area contributed by atoms with Crippen molar-refractivity contribution in [2.75, 3.05) is 0 Å². The standard InChI is InChI=1S/C22H29F3O2.2H2/c1-14-2-4-15(5-3-14)6-7-16-8-10-17(11-9-16)22(26)27-18-12-19(23)21(25)20(24)13-18;;/h12-17H,2-11H2,1H3;2*1H. The van der Waals surface area contributed by atoms with Gasteiger partial charge in [0.05, 0.1) is 5.92 Å². The third kappa shape index (κ3) is 5.49. The molecular formula is C22H33F3O2. The van der Waals surface area contributed by atoms with E-state index in [1.54, 1.807) is 0 Å². The third-order valence-corrected chi connectivity index (χ3v) is 6.47. The average molecular weight is 386 g/mol. The summed E-state index contributed by atoms with van der Waals surface area (Å²) in [5.74, 6) is -2.83. The molecule has 2 saturated carbocycles. The summed E-state index contributed by atoms with van der Waals surface area (Å²) >= 11 is 0. The van der Waals surface area contributed by atoms with Gasteiger partial charge in [-0.3, -0.25) is 4.79 Å². The summed E-state index contributed by atoms with van der Waals surface area (Å²) in [5, 5.41) is 0. The van der Waals surface area contributed by atoms with Gasteiger partial charge in [0.25, 0.3) is 0 Å². The molecule has 0 spiro atoms. The zero-order valence-electron chi connectivity index (χ0n) is 16.0. The maximum Gasteiger partial charge on any atom is 0.314 e. The number of ether oxygens (including phenoxy) is 1. The summed E-state index contributed by atoms with van der Waals surface area (Å²) in [6.07, 6.45) is 11.4. The second kappa shape index (κ2) is 9.11. The zero-order chi connectivity index (χ0) is 19.4. The normalized spacial score (nSPS) is 28.7. The van der Waals surface area contributed by atoms with Crippen LogP contribution in [0.2, 0.25) is 0 Å². The molecule has 2 nitrogen and oxygen atoms in total. The van der Waals surface area contributed by atoms with Gasteiger partial charge in [0.15, 0.2) is 17.5 Å². The van der Waals surface area contributed by atoms with E-state index in [2.05, 4.69) is 6.92 Å². The van der Waals surface area contributed by atoms with E-state index in [0.717, 1.165) is 37.5 Å². The van der Waals surface area contributed by atoms with Crippen molar-refractivity contribution in [1.82, 2.24) is 0 Å². The number of hydrogen-bond acceptors (Lipinski definition) is 2. The highest BCUT2D eigenvalue weighted by molar-refractivity contribution is 5.75. The molecule has 27 heavy (non-hydrogen) atoms. The molecule has 1 aromatic carbocycles. The molecule has 1 aromatic rings. The van der Waals surface area contributed by atoms with Gasteiger partial charge in [0.2, 0.25) is 0 Å². The van der Waals surface area contributed by atoms with Crippen LogP contribution in [0.15, 0.2) is 12.1 Å². The minimum absolute atomic E-state index is 0. The largest absolute Gasteiger partial charge is 0.426 e. The monoisotopic (exact) mass is 386 g/mol. The fraction of sp³-hybridized carbons (Fsp3) is 0.682. The molecule has 3 rings (SSSR count). The molecule has 154 valence electrons. The van der Waals surface area contributed by atoms with Crippen LogP contribution in [0.5, 0.6) is 5.75 Å². The van der Waals surface area contributed by atoms with Gasteiger partial charge in [-0.2, -0.15) is 0 Å². The van der Waals surface area contributed by atoms with Crippen molar-refractivity contribution >= 4 is 5.97 Å². The Balaban J connectivity index is 0.00000210. The van der Waals surface area contributed by atoms with Crippen LogP contribution in [0, 0.1) is 41.1 Å². The number of halogens is 3. The van der Waals surface area contributed by atoms with Gasteiger partial charge in [-0.05, 0) is 43.4 Å². The topological polar surface area (TPSA) is 26.3 Å².